The Hall–Kier alpha value is -1.07. The summed E-state index contributed by atoms with van der Waals surface area (Å²) >= 11 is 2.98. The Morgan fingerprint density at radius 2 is 2.12 bits per heavy atom. The van der Waals surface area contributed by atoms with Crippen molar-refractivity contribution in [3.05, 3.63) is 32.7 Å². The molecule has 0 amide bonds. The van der Waals surface area contributed by atoms with E-state index < -0.39 is 0 Å². The Kier molecular flexibility index (Phi) is 3.40. The van der Waals surface area contributed by atoms with Crippen LogP contribution in [0, 0.1) is 0 Å². The van der Waals surface area contributed by atoms with Gasteiger partial charge in [0.1, 0.15) is 10.7 Å². The fourth-order valence-corrected chi connectivity index (χ4v) is 2.89. The van der Waals surface area contributed by atoms with Crippen molar-refractivity contribution >= 4 is 28.5 Å². The summed E-state index contributed by atoms with van der Waals surface area (Å²) in [5, 5.41) is 4.68. The van der Waals surface area contributed by atoms with E-state index in [9.17, 15) is 4.79 Å². The molecule has 2 heterocycles. The van der Waals surface area contributed by atoms with Gasteiger partial charge in [-0.25, -0.2) is 9.97 Å². The molecule has 0 aromatic carbocycles. The Bertz CT molecular complexity index is 509. The highest BCUT2D eigenvalue weighted by Gasteiger charge is 2.19. The first-order chi connectivity index (χ1) is 7.97. The summed E-state index contributed by atoms with van der Waals surface area (Å²) in [5.74, 6) is 0.0426. The van der Waals surface area contributed by atoms with Crippen molar-refractivity contribution in [3.8, 4) is 0 Å². The normalized spacial score (nSPS) is 11.7. The zero-order valence-electron chi connectivity index (χ0n) is 10.1. The summed E-state index contributed by atoms with van der Waals surface area (Å²) in [7, 11) is 0. The van der Waals surface area contributed by atoms with Crippen molar-refractivity contribution in [1.82, 2.24) is 9.97 Å². The molecule has 0 saturated heterocycles. The van der Waals surface area contributed by atoms with Gasteiger partial charge in [-0.2, -0.15) is 0 Å². The number of nitrogens with zero attached hydrogens (tertiary/aromatic N) is 2. The standard InChI is InChI=1S/C12H14N2OS2/c1-12(2,3)10-6-17-11(14-10)4-9(15)8-5-16-7-13-8/h5-7H,4H2,1-3H3. The molecule has 0 fully saturated rings. The number of carbonyl (C=O) groups excluding carboxylic acids is 1. The van der Waals surface area contributed by atoms with Gasteiger partial charge in [0.05, 0.1) is 17.6 Å². The van der Waals surface area contributed by atoms with E-state index in [1.807, 2.05) is 5.38 Å². The van der Waals surface area contributed by atoms with Gasteiger partial charge in [-0.05, 0) is 0 Å². The van der Waals surface area contributed by atoms with Crippen LogP contribution in [-0.2, 0) is 11.8 Å². The number of hydrogen-bond acceptors (Lipinski definition) is 5. The summed E-state index contributed by atoms with van der Waals surface area (Å²) in [6.07, 6.45) is 0.352. The molecule has 0 radical (unpaired) electrons. The maximum atomic E-state index is 11.8. The van der Waals surface area contributed by atoms with Gasteiger partial charge in [-0.3, -0.25) is 4.79 Å². The summed E-state index contributed by atoms with van der Waals surface area (Å²) in [6.45, 7) is 6.36. The molecule has 5 heteroatoms. The van der Waals surface area contributed by atoms with E-state index in [2.05, 4.69) is 30.7 Å². The maximum Gasteiger partial charge on any atom is 0.188 e. The summed E-state index contributed by atoms with van der Waals surface area (Å²) < 4.78 is 0. The minimum Gasteiger partial charge on any atom is -0.292 e. The number of Topliss-reactive ketones (excluding diaryl/α,β-unsaturated/α-hetero) is 1. The van der Waals surface area contributed by atoms with Gasteiger partial charge in [0.15, 0.2) is 5.78 Å². The van der Waals surface area contributed by atoms with Crippen LogP contribution in [0.4, 0.5) is 0 Å². The second kappa shape index (κ2) is 4.66. The second-order valence-corrected chi connectivity index (χ2v) is 6.51. The largest absolute Gasteiger partial charge is 0.292 e. The number of carbonyl (C=O) groups is 1. The van der Waals surface area contributed by atoms with Crippen LogP contribution >= 0.6 is 22.7 Å². The summed E-state index contributed by atoms with van der Waals surface area (Å²) in [5.41, 5.74) is 3.31. The number of rotatable bonds is 3. The van der Waals surface area contributed by atoms with Gasteiger partial charge in [-0.15, -0.1) is 22.7 Å². The zero-order valence-corrected chi connectivity index (χ0v) is 11.7. The highest BCUT2D eigenvalue weighted by molar-refractivity contribution is 7.09. The number of ketones is 1. The molecule has 0 spiro atoms. The van der Waals surface area contributed by atoms with Crippen molar-refractivity contribution in [2.75, 3.05) is 0 Å². The van der Waals surface area contributed by atoms with Crippen molar-refractivity contribution in [2.45, 2.75) is 32.6 Å². The predicted octanol–water partition coefficient (Wildman–Crippen LogP) is 3.32. The van der Waals surface area contributed by atoms with Crippen LogP contribution < -0.4 is 0 Å². The number of hydrogen-bond donors (Lipinski definition) is 0. The van der Waals surface area contributed by atoms with Gasteiger partial charge in [0.25, 0.3) is 0 Å². The van der Waals surface area contributed by atoms with Gasteiger partial charge in [0, 0.05) is 16.2 Å². The van der Waals surface area contributed by atoms with Crippen molar-refractivity contribution in [1.29, 1.82) is 0 Å². The van der Waals surface area contributed by atoms with Crippen LogP contribution in [0.3, 0.4) is 0 Å². The molecule has 3 nitrogen and oxygen atoms in total. The van der Waals surface area contributed by atoms with E-state index in [1.165, 1.54) is 11.3 Å². The van der Waals surface area contributed by atoms with Gasteiger partial charge < -0.3 is 0 Å². The summed E-state index contributed by atoms with van der Waals surface area (Å²) in [6, 6.07) is 0. The second-order valence-electron chi connectivity index (χ2n) is 4.85. The molecule has 17 heavy (non-hydrogen) atoms. The first kappa shape index (κ1) is 12.4. The predicted molar refractivity (Wildman–Crippen MR) is 71.0 cm³/mol. The fraction of sp³-hybridized carbons (Fsp3) is 0.417. The third-order valence-electron chi connectivity index (χ3n) is 2.35. The van der Waals surface area contributed by atoms with E-state index in [-0.39, 0.29) is 11.2 Å². The molecule has 90 valence electrons. The zero-order chi connectivity index (χ0) is 12.5. The van der Waals surface area contributed by atoms with E-state index in [1.54, 1.807) is 22.2 Å². The monoisotopic (exact) mass is 266 g/mol. The van der Waals surface area contributed by atoms with Crippen molar-refractivity contribution < 1.29 is 4.79 Å². The lowest BCUT2D eigenvalue weighted by molar-refractivity contribution is 0.0988. The Labute approximate surface area is 109 Å². The van der Waals surface area contributed by atoms with E-state index in [0.29, 0.717) is 12.1 Å². The Morgan fingerprint density at radius 3 is 2.65 bits per heavy atom. The molecule has 0 N–H and O–H groups in total. The molecule has 0 unspecified atom stereocenters. The average Bonchev–Trinajstić information content (AvgIpc) is 2.85. The van der Waals surface area contributed by atoms with Crippen molar-refractivity contribution in [2.24, 2.45) is 0 Å². The molecule has 0 aliphatic rings. The van der Waals surface area contributed by atoms with E-state index in [0.717, 1.165) is 10.7 Å². The Balaban J connectivity index is 2.10. The van der Waals surface area contributed by atoms with E-state index >= 15 is 0 Å². The fourth-order valence-electron chi connectivity index (χ4n) is 1.31. The lowest BCUT2D eigenvalue weighted by atomic mass is 9.93. The smallest absolute Gasteiger partial charge is 0.188 e. The van der Waals surface area contributed by atoms with Crippen LogP contribution in [-0.4, -0.2) is 15.8 Å². The minimum atomic E-state index is 0.0401. The highest BCUT2D eigenvalue weighted by atomic mass is 32.1. The van der Waals surface area contributed by atoms with Crippen LogP contribution in [0.15, 0.2) is 16.3 Å². The van der Waals surface area contributed by atoms with Gasteiger partial charge in [-0.1, -0.05) is 20.8 Å². The minimum absolute atomic E-state index is 0.0401. The quantitative estimate of drug-likeness (QED) is 0.800. The molecule has 0 bridgehead atoms. The SMILES string of the molecule is CC(C)(C)c1csc(CC(=O)c2cscn2)n1. The van der Waals surface area contributed by atoms with Crippen molar-refractivity contribution in [3.63, 3.8) is 0 Å². The van der Waals surface area contributed by atoms with Crippen LogP contribution in [0.5, 0.6) is 0 Å². The molecule has 2 aromatic heterocycles. The molecule has 0 saturated carbocycles. The first-order valence-corrected chi connectivity index (χ1v) is 7.15. The highest BCUT2D eigenvalue weighted by Crippen LogP contribution is 2.24. The lowest BCUT2D eigenvalue weighted by Crippen LogP contribution is -2.12. The molecule has 2 rings (SSSR count). The van der Waals surface area contributed by atoms with Gasteiger partial charge in [0.2, 0.25) is 0 Å². The maximum absolute atomic E-state index is 11.8. The van der Waals surface area contributed by atoms with Crippen LogP contribution in [0.2, 0.25) is 0 Å². The lowest BCUT2D eigenvalue weighted by Gasteiger charge is -2.14. The third kappa shape index (κ3) is 2.98. The number of thiazole rings is 2. The topological polar surface area (TPSA) is 42.9 Å². The summed E-state index contributed by atoms with van der Waals surface area (Å²) in [4.78, 5) is 20.4. The number of aromatic nitrogens is 2. The average molecular weight is 266 g/mol. The molecule has 0 aliphatic carbocycles. The molecule has 0 aliphatic heterocycles. The van der Waals surface area contributed by atoms with Crippen LogP contribution in [0.25, 0.3) is 0 Å². The molecule has 2 aromatic rings. The molecular weight excluding hydrogens is 252 g/mol. The Morgan fingerprint density at radius 1 is 1.35 bits per heavy atom. The third-order valence-corrected chi connectivity index (χ3v) is 3.79. The van der Waals surface area contributed by atoms with Gasteiger partial charge >= 0.3 is 0 Å². The first-order valence-electron chi connectivity index (χ1n) is 5.33. The molecular formula is C12H14N2OS2. The van der Waals surface area contributed by atoms with Crippen LogP contribution in [0.1, 0.15) is 42.0 Å². The molecule has 0 atom stereocenters. The van der Waals surface area contributed by atoms with E-state index in [4.69, 9.17) is 0 Å².